The van der Waals surface area contributed by atoms with Crippen molar-refractivity contribution in [1.82, 2.24) is 4.31 Å². The molecule has 1 aliphatic carbocycles. The fraction of sp³-hybridized carbons (Fsp3) is 0.235. The van der Waals surface area contributed by atoms with Gasteiger partial charge in [-0.15, -0.1) is 0 Å². The van der Waals surface area contributed by atoms with Crippen LogP contribution in [-0.4, -0.2) is 36.3 Å². The number of nitrogens with zero attached hydrogens (tertiary/aromatic N) is 2. The van der Waals surface area contributed by atoms with Crippen molar-refractivity contribution in [3.05, 3.63) is 129 Å². The van der Waals surface area contributed by atoms with Gasteiger partial charge in [0.2, 0.25) is 27.6 Å². The Balaban J connectivity index is 1.64. The zero-order chi connectivity index (χ0) is 38.2. The summed E-state index contributed by atoms with van der Waals surface area (Å²) in [5, 5.41) is 9.32. The fourth-order valence-corrected chi connectivity index (χ4v) is 7.33. The van der Waals surface area contributed by atoms with Crippen LogP contribution in [0.5, 0.6) is 0 Å². The quantitative estimate of drug-likeness (QED) is 0.0955. The van der Waals surface area contributed by atoms with E-state index in [1.807, 2.05) is 6.07 Å². The topological polar surface area (TPSA) is 95.0 Å². The molecule has 0 saturated heterocycles. The summed E-state index contributed by atoms with van der Waals surface area (Å²) in [6, 6.07) is 11.1. The van der Waals surface area contributed by atoms with Gasteiger partial charge in [-0.1, -0.05) is 37.1 Å². The van der Waals surface area contributed by atoms with Crippen molar-refractivity contribution < 1.29 is 67.0 Å². The molecule has 0 radical (unpaired) electrons. The minimum absolute atomic E-state index is 0.133. The molecule has 0 bridgehead atoms. The first-order valence-corrected chi connectivity index (χ1v) is 16.6. The van der Waals surface area contributed by atoms with Crippen molar-refractivity contribution >= 4 is 27.6 Å². The van der Waals surface area contributed by atoms with E-state index in [1.165, 1.54) is 0 Å². The van der Waals surface area contributed by atoms with E-state index in [0.717, 1.165) is 60.4 Å². The first-order chi connectivity index (χ1) is 24.4. The molecular formula is C34H24F10N2O5S. The molecule has 1 amide bonds. The van der Waals surface area contributed by atoms with Gasteiger partial charge in [0, 0.05) is 17.8 Å². The molecule has 0 atom stereocenters. The number of sulfonamides is 1. The first-order valence-electron chi connectivity index (χ1n) is 15.2. The van der Waals surface area contributed by atoms with E-state index in [2.05, 4.69) is 0 Å². The minimum atomic E-state index is -6.27. The molecule has 0 spiro atoms. The van der Waals surface area contributed by atoms with Crippen molar-refractivity contribution in [2.75, 3.05) is 11.4 Å². The maximum atomic E-state index is 14.9. The average Bonchev–Trinajstić information content (AvgIpc) is 3.67. The van der Waals surface area contributed by atoms with E-state index in [9.17, 15) is 67.0 Å². The van der Waals surface area contributed by atoms with Crippen LogP contribution in [0.25, 0.3) is 0 Å². The molecule has 18 heteroatoms. The number of anilines is 1. The Hall–Kier alpha value is -4.97. The molecule has 0 aliphatic heterocycles. The van der Waals surface area contributed by atoms with Crippen LogP contribution in [-0.2, 0) is 27.9 Å². The first kappa shape index (κ1) is 38.3. The monoisotopic (exact) mass is 762 g/mol. The van der Waals surface area contributed by atoms with Crippen LogP contribution in [0.15, 0.2) is 53.4 Å². The second-order valence-electron chi connectivity index (χ2n) is 11.8. The molecule has 276 valence electrons. The number of halogens is 10. The van der Waals surface area contributed by atoms with Gasteiger partial charge in [-0.25, -0.2) is 57.1 Å². The Kier molecular flexibility index (Phi) is 11.0. The second kappa shape index (κ2) is 14.9. The van der Waals surface area contributed by atoms with E-state index in [-0.39, 0.29) is 17.2 Å². The predicted molar refractivity (Wildman–Crippen MR) is 162 cm³/mol. The van der Waals surface area contributed by atoms with E-state index >= 15 is 0 Å². The number of hydrogen-bond acceptors (Lipinski definition) is 4. The highest BCUT2D eigenvalue weighted by molar-refractivity contribution is 7.89. The van der Waals surface area contributed by atoms with Crippen LogP contribution in [0.3, 0.4) is 0 Å². The van der Waals surface area contributed by atoms with Gasteiger partial charge < -0.3 is 10.0 Å². The highest BCUT2D eigenvalue weighted by atomic mass is 32.2. The van der Waals surface area contributed by atoms with Gasteiger partial charge in [0.05, 0.1) is 18.7 Å². The fourth-order valence-electron chi connectivity index (χ4n) is 5.86. The number of hydrogen-bond donors (Lipinski definition) is 1. The molecule has 1 fully saturated rings. The van der Waals surface area contributed by atoms with Crippen LogP contribution < -0.4 is 4.90 Å². The summed E-state index contributed by atoms with van der Waals surface area (Å²) in [4.78, 5) is 23.7. The maximum Gasteiger partial charge on any atom is 0.335 e. The number of carbonyl (C=O) groups excluding carboxylic acids is 1. The third-order valence-corrected chi connectivity index (χ3v) is 10.4. The summed E-state index contributed by atoms with van der Waals surface area (Å²) >= 11 is 0. The van der Waals surface area contributed by atoms with Gasteiger partial charge in [-0.05, 0) is 54.2 Å². The molecule has 4 aromatic carbocycles. The van der Waals surface area contributed by atoms with Crippen molar-refractivity contribution in [2.24, 2.45) is 0 Å². The number of benzene rings is 4. The lowest BCUT2D eigenvalue weighted by Gasteiger charge is -2.28. The van der Waals surface area contributed by atoms with Gasteiger partial charge >= 0.3 is 5.97 Å². The summed E-state index contributed by atoms with van der Waals surface area (Å²) in [7, 11) is -6.27. The van der Waals surface area contributed by atoms with Crippen molar-refractivity contribution in [2.45, 2.75) is 49.6 Å². The summed E-state index contributed by atoms with van der Waals surface area (Å²) in [6.45, 7) is -4.21. The van der Waals surface area contributed by atoms with Crippen LogP contribution in [0, 0.1) is 58.2 Å². The van der Waals surface area contributed by atoms with Crippen molar-refractivity contribution in [3.8, 4) is 0 Å². The number of carbonyl (C=O) groups is 2. The van der Waals surface area contributed by atoms with E-state index in [4.69, 9.17) is 0 Å². The van der Waals surface area contributed by atoms with Gasteiger partial charge in [-0.3, -0.25) is 4.79 Å². The van der Waals surface area contributed by atoms with Crippen LogP contribution in [0.2, 0.25) is 0 Å². The molecule has 7 nitrogen and oxygen atoms in total. The smallest absolute Gasteiger partial charge is 0.335 e. The number of carboxylic acids is 1. The van der Waals surface area contributed by atoms with Gasteiger partial charge in [0.15, 0.2) is 51.4 Å². The van der Waals surface area contributed by atoms with Gasteiger partial charge in [0.1, 0.15) is 0 Å². The predicted octanol–water partition coefficient (Wildman–Crippen LogP) is 7.86. The normalized spacial score (nSPS) is 13.6. The second-order valence-corrected chi connectivity index (χ2v) is 13.7. The van der Waals surface area contributed by atoms with Crippen LogP contribution in [0.1, 0.15) is 58.6 Å². The van der Waals surface area contributed by atoms with Crippen molar-refractivity contribution in [1.29, 1.82) is 0 Å². The zero-order valence-corrected chi connectivity index (χ0v) is 27.1. The summed E-state index contributed by atoms with van der Waals surface area (Å²) < 4.78 is 170. The Morgan fingerprint density at radius 2 is 1.17 bits per heavy atom. The Morgan fingerprint density at radius 1 is 0.673 bits per heavy atom. The third-order valence-electron chi connectivity index (χ3n) is 8.56. The average molecular weight is 763 g/mol. The van der Waals surface area contributed by atoms with Gasteiger partial charge in [-0.2, -0.15) is 4.31 Å². The van der Waals surface area contributed by atoms with Crippen LogP contribution >= 0.6 is 0 Å². The Bertz CT molecular complexity index is 2120. The van der Waals surface area contributed by atoms with E-state index in [0.29, 0.717) is 5.56 Å². The van der Waals surface area contributed by atoms with Crippen LogP contribution in [0.4, 0.5) is 49.6 Å². The molecule has 0 unspecified atom stereocenters. The summed E-state index contributed by atoms with van der Waals surface area (Å²) in [6.07, 6.45) is 3.66. The molecule has 1 aliphatic rings. The molecule has 4 aromatic rings. The molecular weight excluding hydrogens is 738 g/mol. The van der Waals surface area contributed by atoms with E-state index in [1.54, 1.807) is 18.2 Å². The molecule has 0 heterocycles. The lowest BCUT2D eigenvalue weighted by molar-refractivity contribution is -0.119. The molecule has 0 aromatic heterocycles. The summed E-state index contributed by atoms with van der Waals surface area (Å²) in [5.41, 5.74) is -1.04. The minimum Gasteiger partial charge on any atom is -0.478 e. The van der Waals surface area contributed by atoms with Crippen molar-refractivity contribution in [3.63, 3.8) is 0 Å². The highest BCUT2D eigenvalue weighted by Crippen LogP contribution is 2.35. The lowest BCUT2D eigenvalue weighted by Crippen LogP contribution is -2.43. The number of carboxylic acid groups (broad SMARTS) is 1. The SMILES string of the molecule is O=C(O)c1ccc(N(Cc2cccc(C3CCCC3)c2)C(=O)CN(Cc2c(F)c(F)c(F)c(F)c2F)S(=O)(=O)c2c(F)c(F)c(F)c(F)c2F)cc1. The Labute approximate surface area is 288 Å². The third kappa shape index (κ3) is 7.21. The lowest BCUT2D eigenvalue weighted by atomic mass is 9.96. The number of amides is 1. The Morgan fingerprint density at radius 3 is 1.69 bits per heavy atom. The molecule has 52 heavy (non-hydrogen) atoms. The molecule has 1 N–H and O–H groups in total. The molecule has 1 saturated carbocycles. The maximum absolute atomic E-state index is 14.9. The highest BCUT2D eigenvalue weighted by Gasteiger charge is 2.40. The number of aromatic carboxylic acids is 1. The van der Waals surface area contributed by atoms with Gasteiger partial charge in [0.25, 0.3) is 0 Å². The summed E-state index contributed by atoms with van der Waals surface area (Å²) in [5.74, 6) is -29.9. The van der Waals surface area contributed by atoms with E-state index < -0.39 is 114 Å². The number of rotatable bonds is 11. The molecule has 5 rings (SSSR count). The zero-order valence-electron chi connectivity index (χ0n) is 26.3. The standard InChI is InChI=1S/C34H24F10N2O5S/c35-23-21(24(36)26(38)27(39)25(23)37)14-45(52(50,51)33-31(43)29(41)28(40)30(42)32(33)44)15-22(47)46(20-10-8-18(9-11-20)34(48)49)13-16-4-3-7-19(12-16)17-5-1-2-6-17/h3-4,7-12,17H,1-2,5-6,13-15H2,(H,48,49). The largest absolute Gasteiger partial charge is 0.478 e.